The summed E-state index contributed by atoms with van der Waals surface area (Å²) in [7, 11) is 0. The quantitative estimate of drug-likeness (QED) is 0.869. The van der Waals surface area contributed by atoms with E-state index in [1.165, 1.54) is 6.33 Å². The number of hydrogen-bond acceptors (Lipinski definition) is 5. The average molecular weight is 280 g/mol. The van der Waals surface area contributed by atoms with Crippen molar-refractivity contribution in [3.8, 4) is 0 Å². The molecule has 0 aliphatic carbocycles. The number of thioether (sulfide) groups is 1. The molecule has 1 N–H and O–H groups in total. The second kappa shape index (κ2) is 6.42. The summed E-state index contributed by atoms with van der Waals surface area (Å²) in [5.41, 5.74) is 0. The molecule has 0 radical (unpaired) electrons. The molecule has 1 atom stereocenters. The van der Waals surface area contributed by atoms with Crippen molar-refractivity contribution < 1.29 is 9.21 Å². The Labute approximate surface area is 115 Å². The zero-order chi connectivity index (χ0) is 13.7. The van der Waals surface area contributed by atoms with Gasteiger partial charge in [0.1, 0.15) is 18.4 Å². The van der Waals surface area contributed by atoms with Gasteiger partial charge in [-0.15, -0.1) is 0 Å². The van der Waals surface area contributed by atoms with Crippen LogP contribution in [0.25, 0.3) is 0 Å². The summed E-state index contributed by atoms with van der Waals surface area (Å²) in [5.74, 6) is 1.71. The highest BCUT2D eigenvalue weighted by atomic mass is 32.2. The second-order valence-corrected chi connectivity index (χ2v) is 5.06. The van der Waals surface area contributed by atoms with E-state index in [9.17, 15) is 4.79 Å². The highest BCUT2D eigenvalue weighted by molar-refractivity contribution is 7.97. The Kier molecular flexibility index (Phi) is 4.62. The molecule has 0 unspecified atom stereocenters. The molecule has 6 nitrogen and oxygen atoms in total. The van der Waals surface area contributed by atoms with Crippen LogP contribution in [0, 0.1) is 0 Å². The molecule has 0 spiro atoms. The molecule has 1 amide bonds. The van der Waals surface area contributed by atoms with Gasteiger partial charge in [-0.05, 0) is 25.3 Å². The molecule has 2 heterocycles. The van der Waals surface area contributed by atoms with E-state index in [2.05, 4.69) is 15.4 Å². The number of carbonyl (C=O) groups excluding carboxylic acids is 1. The van der Waals surface area contributed by atoms with E-state index in [-0.39, 0.29) is 11.9 Å². The number of amides is 1. The lowest BCUT2D eigenvalue weighted by molar-refractivity contribution is 0.0906. The minimum atomic E-state index is -0.208. The van der Waals surface area contributed by atoms with Crippen LogP contribution in [0.3, 0.4) is 0 Å². The van der Waals surface area contributed by atoms with Gasteiger partial charge >= 0.3 is 0 Å². The third kappa shape index (κ3) is 3.85. The molecule has 0 saturated heterocycles. The Morgan fingerprint density at radius 1 is 1.58 bits per heavy atom. The van der Waals surface area contributed by atoms with Crippen LogP contribution >= 0.6 is 11.8 Å². The lowest BCUT2D eigenvalue weighted by Gasteiger charge is -2.12. The molecule has 0 saturated carbocycles. The molecule has 0 aliphatic heterocycles. The molecule has 0 aromatic carbocycles. The predicted octanol–water partition coefficient (Wildman–Crippen LogP) is 1.55. The van der Waals surface area contributed by atoms with Crippen LogP contribution in [-0.4, -0.2) is 33.0 Å². The van der Waals surface area contributed by atoms with Gasteiger partial charge in [0.05, 0.1) is 12.3 Å². The summed E-state index contributed by atoms with van der Waals surface area (Å²) in [5, 5.41) is 6.85. The molecule has 19 heavy (non-hydrogen) atoms. The first-order valence-corrected chi connectivity index (χ1v) is 7.29. The van der Waals surface area contributed by atoms with Crippen molar-refractivity contribution in [2.45, 2.75) is 25.3 Å². The normalized spacial score (nSPS) is 12.3. The molecular weight excluding hydrogens is 264 g/mol. The summed E-state index contributed by atoms with van der Waals surface area (Å²) < 4.78 is 7.13. The molecule has 2 aromatic rings. The van der Waals surface area contributed by atoms with E-state index in [1.807, 2.05) is 19.2 Å². The summed E-state index contributed by atoms with van der Waals surface area (Å²) in [4.78, 5) is 15.8. The first-order valence-electron chi connectivity index (χ1n) is 5.90. The number of rotatable bonds is 6. The van der Waals surface area contributed by atoms with Crippen molar-refractivity contribution in [2.75, 3.05) is 6.26 Å². The maximum atomic E-state index is 11.9. The number of furan rings is 1. The van der Waals surface area contributed by atoms with E-state index in [0.29, 0.717) is 12.3 Å². The zero-order valence-corrected chi connectivity index (χ0v) is 11.7. The predicted molar refractivity (Wildman–Crippen MR) is 72.9 cm³/mol. The third-order valence-electron chi connectivity index (χ3n) is 2.48. The fourth-order valence-corrected chi connectivity index (χ4v) is 2.11. The minimum absolute atomic E-state index is 0.0525. The van der Waals surface area contributed by atoms with Crippen molar-refractivity contribution in [1.29, 1.82) is 0 Å². The highest BCUT2D eigenvalue weighted by Gasteiger charge is 2.14. The number of carbonyl (C=O) groups is 1. The molecule has 7 heteroatoms. The van der Waals surface area contributed by atoms with Crippen LogP contribution in [0.1, 0.15) is 23.2 Å². The number of aromatic nitrogens is 3. The van der Waals surface area contributed by atoms with E-state index >= 15 is 0 Å². The van der Waals surface area contributed by atoms with Crippen molar-refractivity contribution >= 4 is 17.7 Å². The lowest BCUT2D eigenvalue weighted by atomic mass is 10.3. The Morgan fingerprint density at radius 3 is 3.11 bits per heavy atom. The van der Waals surface area contributed by atoms with Crippen LogP contribution in [0.5, 0.6) is 0 Å². The fourth-order valence-electron chi connectivity index (χ4n) is 1.67. The monoisotopic (exact) mass is 280 g/mol. The summed E-state index contributed by atoms with van der Waals surface area (Å²) >= 11 is 1.65. The lowest BCUT2D eigenvalue weighted by Crippen LogP contribution is -2.35. The second-order valence-electron chi connectivity index (χ2n) is 4.19. The minimum Gasteiger partial charge on any atom is -0.455 e. The first kappa shape index (κ1) is 13.7. The van der Waals surface area contributed by atoms with Gasteiger partial charge in [-0.3, -0.25) is 9.48 Å². The van der Waals surface area contributed by atoms with E-state index in [1.54, 1.807) is 28.8 Å². The largest absolute Gasteiger partial charge is 0.455 e. The number of hydrogen-bond donors (Lipinski definition) is 1. The first-order chi connectivity index (χ1) is 9.19. The van der Waals surface area contributed by atoms with Gasteiger partial charge in [0, 0.05) is 6.04 Å². The van der Waals surface area contributed by atoms with Gasteiger partial charge in [-0.1, -0.05) is 0 Å². The van der Waals surface area contributed by atoms with Gasteiger partial charge in [-0.25, -0.2) is 4.98 Å². The van der Waals surface area contributed by atoms with Crippen LogP contribution in [0.15, 0.2) is 29.2 Å². The molecule has 2 rings (SSSR count). The van der Waals surface area contributed by atoms with Crippen LogP contribution < -0.4 is 5.32 Å². The summed E-state index contributed by atoms with van der Waals surface area (Å²) in [6, 6.07) is 3.47. The highest BCUT2D eigenvalue weighted by Crippen LogP contribution is 2.13. The summed E-state index contributed by atoms with van der Waals surface area (Å²) in [6.07, 6.45) is 5.07. The standard InChI is InChI=1S/C12H16N4O2S/c1-9(5-16-8-13-7-14-16)15-12(17)11-4-3-10(18-11)6-19-2/h3-4,7-9H,5-6H2,1-2H3,(H,15,17)/t9-/m1/s1. The maximum absolute atomic E-state index is 11.9. The van der Waals surface area contributed by atoms with Crippen LogP contribution in [0.2, 0.25) is 0 Å². The van der Waals surface area contributed by atoms with Gasteiger partial charge in [-0.2, -0.15) is 16.9 Å². The Bertz CT molecular complexity index is 524. The zero-order valence-electron chi connectivity index (χ0n) is 10.9. The fraction of sp³-hybridized carbons (Fsp3) is 0.417. The van der Waals surface area contributed by atoms with Crippen molar-refractivity contribution in [2.24, 2.45) is 0 Å². The van der Waals surface area contributed by atoms with Crippen LogP contribution in [-0.2, 0) is 12.3 Å². The topological polar surface area (TPSA) is 73.0 Å². The molecule has 102 valence electrons. The van der Waals surface area contributed by atoms with Crippen LogP contribution in [0.4, 0.5) is 0 Å². The molecule has 0 aliphatic rings. The number of nitrogens with one attached hydrogen (secondary N) is 1. The van der Waals surface area contributed by atoms with Crippen molar-refractivity contribution in [3.05, 3.63) is 36.3 Å². The molecule has 2 aromatic heterocycles. The van der Waals surface area contributed by atoms with Crippen molar-refractivity contribution in [1.82, 2.24) is 20.1 Å². The maximum Gasteiger partial charge on any atom is 0.287 e. The Hall–Kier alpha value is -1.76. The van der Waals surface area contributed by atoms with Gasteiger partial charge in [0.15, 0.2) is 5.76 Å². The molecule has 0 bridgehead atoms. The van der Waals surface area contributed by atoms with Gasteiger partial charge in [0.25, 0.3) is 5.91 Å². The average Bonchev–Trinajstić information content (AvgIpc) is 3.00. The van der Waals surface area contributed by atoms with E-state index in [4.69, 9.17) is 4.42 Å². The van der Waals surface area contributed by atoms with E-state index in [0.717, 1.165) is 11.5 Å². The Morgan fingerprint density at radius 2 is 2.42 bits per heavy atom. The third-order valence-corrected chi connectivity index (χ3v) is 3.05. The summed E-state index contributed by atoms with van der Waals surface area (Å²) in [6.45, 7) is 2.48. The Balaban J connectivity index is 1.88. The molecular formula is C12H16N4O2S. The van der Waals surface area contributed by atoms with E-state index < -0.39 is 0 Å². The molecule has 0 fully saturated rings. The SMILES string of the molecule is CSCc1ccc(C(=O)N[C@H](C)Cn2cncn2)o1. The van der Waals surface area contributed by atoms with Gasteiger partial charge < -0.3 is 9.73 Å². The number of nitrogens with zero attached hydrogens (tertiary/aromatic N) is 3. The van der Waals surface area contributed by atoms with Gasteiger partial charge in [0.2, 0.25) is 0 Å². The smallest absolute Gasteiger partial charge is 0.287 e. The van der Waals surface area contributed by atoms with Crippen molar-refractivity contribution in [3.63, 3.8) is 0 Å².